The van der Waals surface area contributed by atoms with Crippen LogP contribution in [0.1, 0.15) is 23.2 Å². The highest BCUT2D eigenvalue weighted by Gasteiger charge is 2.14. The fourth-order valence-corrected chi connectivity index (χ4v) is 1.96. The van der Waals surface area contributed by atoms with Crippen LogP contribution in [0.5, 0.6) is 0 Å². The summed E-state index contributed by atoms with van der Waals surface area (Å²) in [6.07, 6.45) is 5.56. The third kappa shape index (κ3) is 3.03. The number of carbonyl (C=O) groups is 1. The van der Waals surface area contributed by atoms with Crippen molar-refractivity contribution < 1.29 is 4.79 Å². The monoisotopic (exact) mass is 219 g/mol. The van der Waals surface area contributed by atoms with E-state index in [9.17, 15) is 4.79 Å². The Bertz CT molecular complexity index is 333. The first-order chi connectivity index (χ1) is 7.86. The normalized spacial score (nSPS) is 19.6. The average Bonchev–Trinajstić information content (AvgIpc) is 2.83. The van der Waals surface area contributed by atoms with Gasteiger partial charge in [0.15, 0.2) is 0 Å². The molecule has 1 aromatic rings. The van der Waals surface area contributed by atoms with E-state index in [1.807, 2.05) is 0 Å². The molecule has 0 aromatic carbocycles. The second kappa shape index (κ2) is 5.61. The van der Waals surface area contributed by atoms with Crippen molar-refractivity contribution in [2.75, 3.05) is 19.6 Å². The molecule has 2 N–H and O–H groups in total. The Morgan fingerprint density at radius 2 is 2.31 bits per heavy atom. The van der Waals surface area contributed by atoms with Gasteiger partial charge in [-0.2, -0.15) is 0 Å². The van der Waals surface area contributed by atoms with E-state index in [2.05, 4.69) is 15.6 Å². The molecule has 1 unspecified atom stereocenters. The summed E-state index contributed by atoms with van der Waals surface area (Å²) in [5.74, 6) is 0.714. The fourth-order valence-electron chi connectivity index (χ4n) is 1.96. The van der Waals surface area contributed by atoms with Gasteiger partial charge < -0.3 is 10.6 Å². The summed E-state index contributed by atoms with van der Waals surface area (Å²) in [7, 11) is 0. The molecule has 86 valence electrons. The predicted molar refractivity (Wildman–Crippen MR) is 62.2 cm³/mol. The summed E-state index contributed by atoms with van der Waals surface area (Å²) in [4.78, 5) is 15.5. The minimum Gasteiger partial charge on any atom is -0.352 e. The molecule has 0 radical (unpaired) electrons. The molecule has 0 bridgehead atoms. The van der Waals surface area contributed by atoms with E-state index in [0.717, 1.165) is 32.0 Å². The maximum Gasteiger partial charge on any atom is 0.251 e. The van der Waals surface area contributed by atoms with E-state index in [1.165, 1.54) is 6.42 Å². The number of amides is 1. The van der Waals surface area contributed by atoms with Gasteiger partial charge in [0.1, 0.15) is 0 Å². The summed E-state index contributed by atoms with van der Waals surface area (Å²) in [5, 5.41) is 6.25. The Labute approximate surface area is 95.5 Å². The topological polar surface area (TPSA) is 54.0 Å². The lowest BCUT2D eigenvalue weighted by molar-refractivity contribution is 0.0951. The first kappa shape index (κ1) is 11.1. The highest BCUT2D eigenvalue weighted by molar-refractivity contribution is 5.93. The molecule has 16 heavy (non-hydrogen) atoms. The van der Waals surface area contributed by atoms with E-state index < -0.39 is 0 Å². The lowest BCUT2D eigenvalue weighted by atomic mass is 10.1. The van der Waals surface area contributed by atoms with Gasteiger partial charge in [0.05, 0.1) is 0 Å². The number of hydrogen-bond donors (Lipinski definition) is 2. The van der Waals surface area contributed by atoms with Crippen molar-refractivity contribution in [3.63, 3.8) is 0 Å². The van der Waals surface area contributed by atoms with Crippen LogP contribution in [0.2, 0.25) is 0 Å². The Hall–Kier alpha value is -1.42. The zero-order valence-corrected chi connectivity index (χ0v) is 9.28. The highest BCUT2D eigenvalue weighted by atomic mass is 16.1. The molecule has 1 saturated heterocycles. The van der Waals surface area contributed by atoms with Crippen LogP contribution in [-0.4, -0.2) is 30.5 Å². The molecule has 1 atom stereocenters. The van der Waals surface area contributed by atoms with Crippen molar-refractivity contribution in [2.45, 2.75) is 12.8 Å². The van der Waals surface area contributed by atoms with Gasteiger partial charge in [-0.15, -0.1) is 0 Å². The SMILES string of the molecule is O=C(NCCC1CCNC1)c1ccncc1. The molecule has 1 aromatic heterocycles. The Morgan fingerprint density at radius 1 is 1.50 bits per heavy atom. The molecular formula is C12H17N3O. The maximum absolute atomic E-state index is 11.7. The van der Waals surface area contributed by atoms with Crippen molar-refractivity contribution >= 4 is 5.91 Å². The van der Waals surface area contributed by atoms with Crippen LogP contribution >= 0.6 is 0 Å². The Balaban J connectivity index is 1.71. The highest BCUT2D eigenvalue weighted by Crippen LogP contribution is 2.10. The van der Waals surface area contributed by atoms with Crippen molar-refractivity contribution in [2.24, 2.45) is 5.92 Å². The molecule has 1 aliphatic rings. The largest absolute Gasteiger partial charge is 0.352 e. The average molecular weight is 219 g/mol. The molecule has 1 aliphatic heterocycles. The fraction of sp³-hybridized carbons (Fsp3) is 0.500. The lowest BCUT2D eigenvalue weighted by Gasteiger charge is -2.09. The van der Waals surface area contributed by atoms with Crippen LogP contribution in [0.25, 0.3) is 0 Å². The van der Waals surface area contributed by atoms with E-state index in [1.54, 1.807) is 24.5 Å². The summed E-state index contributed by atoms with van der Waals surface area (Å²) in [5.41, 5.74) is 0.680. The number of rotatable bonds is 4. The van der Waals surface area contributed by atoms with E-state index >= 15 is 0 Å². The number of aromatic nitrogens is 1. The molecule has 2 rings (SSSR count). The first-order valence-electron chi connectivity index (χ1n) is 5.75. The minimum absolute atomic E-state index is 0.00615. The third-order valence-electron chi connectivity index (χ3n) is 2.94. The molecule has 2 heterocycles. The van der Waals surface area contributed by atoms with Crippen LogP contribution in [0.3, 0.4) is 0 Å². The number of hydrogen-bond acceptors (Lipinski definition) is 3. The van der Waals surface area contributed by atoms with Gasteiger partial charge in [0.25, 0.3) is 5.91 Å². The zero-order valence-electron chi connectivity index (χ0n) is 9.28. The Morgan fingerprint density at radius 3 is 3.00 bits per heavy atom. The van der Waals surface area contributed by atoms with Gasteiger partial charge in [-0.05, 0) is 44.0 Å². The summed E-state index contributed by atoms with van der Waals surface area (Å²) in [6, 6.07) is 3.46. The quantitative estimate of drug-likeness (QED) is 0.788. The minimum atomic E-state index is -0.00615. The Kier molecular flexibility index (Phi) is 3.88. The van der Waals surface area contributed by atoms with Gasteiger partial charge in [0.2, 0.25) is 0 Å². The molecule has 1 fully saturated rings. The van der Waals surface area contributed by atoms with E-state index in [4.69, 9.17) is 0 Å². The van der Waals surface area contributed by atoms with Crippen molar-refractivity contribution in [3.05, 3.63) is 30.1 Å². The predicted octanol–water partition coefficient (Wildman–Crippen LogP) is 0.811. The van der Waals surface area contributed by atoms with Gasteiger partial charge in [-0.3, -0.25) is 9.78 Å². The number of carbonyl (C=O) groups excluding carboxylic acids is 1. The van der Waals surface area contributed by atoms with Gasteiger partial charge in [-0.1, -0.05) is 0 Å². The van der Waals surface area contributed by atoms with Crippen molar-refractivity contribution in [3.8, 4) is 0 Å². The molecule has 1 amide bonds. The second-order valence-corrected chi connectivity index (χ2v) is 4.14. The van der Waals surface area contributed by atoms with Gasteiger partial charge in [-0.25, -0.2) is 0 Å². The number of nitrogens with zero attached hydrogens (tertiary/aromatic N) is 1. The van der Waals surface area contributed by atoms with E-state index in [-0.39, 0.29) is 5.91 Å². The van der Waals surface area contributed by atoms with Crippen LogP contribution in [0, 0.1) is 5.92 Å². The molecule has 0 saturated carbocycles. The van der Waals surface area contributed by atoms with Gasteiger partial charge >= 0.3 is 0 Å². The van der Waals surface area contributed by atoms with Crippen molar-refractivity contribution in [1.29, 1.82) is 0 Å². The lowest BCUT2D eigenvalue weighted by Crippen LogP contribution is -2.26. The summed E-state index contributed by atoms with van der Waals surface area (Å²) >= 11 is 0. The molecule has 0 aliphatic carbocycles. The van der Waals surface area contributed by atoms with Gasteiger partial charge in [0, 0.05) is 24.5 Å². The maximum atomic E-state index is 11.7. The van der Waals surface area contributed by atoms with Crippen LogP contribution in [0.15, 0.2) is 24.5 Å². The van der Waals surface area contributed by atoms with Crippen LogP contribution in [-0.2, 0) is 0 Å². The van der Waals surface area contributed by atoms with E-state index in [0.29, 0.717) is 5.56 Å². The molecule has 4 heteroatoms. The molecular weight excluding hydrogens is 202 g/mol. The number of pyridine rings is 1. The van der Waals surface area contributed by atoms with Crippen LogP contribution < -0.4 is 10.6 Å². The third-order valence-corrected chi connectivity index (χ3v) is 2.94. The first-order valence-corrected chi connectivity index (χ1v) is 5.75. The van der Waals surface area contributed by atoms with Crippen LogP contribution in [0.4, 0.5) is 0 Å². The zero-order chi connectivity index (χ0) is 11.2. The summed E-state index contributed by atoms with van der Waals surface area (Å²) < 4.78 is 0. The van der Waals surface area contributed by atoms with Crippen molar-refractivity contribution in [1.82, 2.24) is 15.6 Å². The number of nitrogens with one attached hydrogen (secondary N) is 2. The smallest absolute Gasteiger partial charge is 0.251 e. The standard InChI is InChI=1S/C12H17N3O/c16-12(11-3-6-13-7-4-11)15-8-2-10-1-5-14-9-10/h3-4,6-7,10,14H,1-2,5,8-9H2,(H,15,16). The summed E-state index contributed by atoms with van der Waals surface area (Å²) in [6.45, 7) is 2.96. The second-order valence-electron chi connectivity index (χ2n) is 4.14. The molecule has 0 spiro atoms. The molecule has 4 nitrogen and oxygen atoms in total.